The van der Waals surface area contributed by atoms with Crippen LogP contribution in [0.25, 0.3) is 0 Å². The van der Waals surface area contributed by atoms with Crippen molar-refractivity contribution in [1.82, 2.24) is 0 Å². The van der Waals surface area contributed by atoms with Crippen molar-refractivity contribution in [3.05, 3.63) is 17.9 Å². The minimum atomic E-state index is -4.15. The summed E-state index contributed by atoms with van der Waals surface area (Å²) in [5.41, 5.74) is 6.46. The molecule has 112 valence electrons. The van der Waals surface area contributed by atoms with E-state index in [1.165, 1.54) is 13.2 Å². The lowest BCUT2D eigenvalue weighted by Gasteiger charge is -2.35. The van der Waals surface area contributed by atoms with Crippen LogP contribution in [-0.4, -0.2) is 26.4 Å². The van der Waals surface area contributed by atoms with Crippen LogP contribution in [0.3, 0.4) is 0 Å². The molecule has 1 heterocycles. The summed E-state index contributed by atoms with van der Waals surface area (Å²) < 4.78 is 56.1. The van der Waals surface area contributed by atoms with Crippen molar-refractivity contribution < 1.29 is 22.3 Å². The second-order valence-corrected chi connectivity index (χ2v) is 4.85. The van der Waals surface area contributed by atoms with Gasteiger partial charge in [0, 0.05) is 25.2 Å². The highest BCUT2D eigenvalue weighted by Crippen LogP contribution is 2.38. The summed E-state index contributed by atoms with van der Waals surface area (Å²) in [5, 5.41) is 0. The number of methoxy groups -OCH3 is 1. The molecule has 0 radical (unpaired) electrons. The molecule has 20 heavy (non-hydrogen) atoms. The molecule has 1 aliphatic heterocycles. The maximum absolute atomic E-state index is 13.4. The van der Waals surface area contributed by atoms with Crippen molar-refractivity contribution >= 4 is 11.4 Å². The molecule has 0 bridgehead atoms. The van der Waals surface area contributed by atoms with Crippen molar-refractivity contribution in [1.29, 1.82) is 0 Å². The van der Waals surface area contributed by atoms with E-state index in [-0.39, 0.29) is 37.4 Å². The molecule has 0 aliphatic carbocycles. The predicted octanol–water partition coefficient (Wildman–Crippen LogP) is 3.20. The van der Waals surface area contributed by atoms with E-state index >= 15 is 0 Å². The Morgan fingerprint density at radius 2 is 1.85 bits per heavy atom. The van der Waals surface area contributed by atoms with Crippen molar-refractivity contribution in [2.24, 2.45) is 5.92 Å². The molecule has 0 aromatic heterocycles. The van der Waals surface area contributed by atoms with Gasteiger partial charge in [-0.15, -0.1) is 0 Å². The number of alkyl halides is 3. The van der Waals surface area contributed by atoms with E-state index in [2.05, 4.69) is 0 Å². The number of hydrogen-bond acceptors (Lipinski definition) is 3. The number of ether oxygens (including phenoxy) is 1. The van der Waals surface area contributed by atoms with E-state index in [0.717, 1.165) is 6.07 Å². The minimum Gasteiger partial charge on any atom is -0.494 e. The van der Waals surface area contributed by atoms with E-state index in [9.17, 15) is 17.6 Å². The molecule has 1 saturated heterocycles. The molecule has 0 atom stereocenters. The molecule has 1 aromatic rings. The van der Waals surface area contributed by atoms with Gasteiger partial charge >= 0.3 is 6.18 Å². The summed E-state index contributed by atoms with van der Waals surface area (Å²) in [6.45, 7) is 0.478. The van der Waals surface area contributed by atoms with Crippen LogP contribution in [0, 0.1) is 11.7 Å². The van der Waals surface area contributed by atoms with Gasteiger partial charge in [0.2, 0.25) is 0 Å². The fourth-order valence-electron chi connectivity index (χ4n) is 2.44. The van der Waals surface area contributed by atoms with Crippen LogP contribution >= 0.6 is 0 Å². The Morgan fingerprint density at radius 1 is 1.25 bits per heavy atom. The normalized spacial score (nSPS) is 17.4. The van der Waals surface area contributed by atoms with Crippen molar-refractivity contribution in [3.8, 4) is 5.75 Å². The molecular weight excluding hydrogens is 276 g/mol. The monoisotopic (exact) mass is 292 g/mol. The zero-order valence-electron chi connectivity index (χ0n) is 11.0. The number of rotatable bonds is 2. The lowest BCUT2D eigenvalue weighted by Crippen LogP contribution is -2.39. The summed E-state index contributed by atoms with van der Waals surface area (Å²) in [6.07, 6.45) is -4.12. The first-order chi connectivity index (χ1) is 9.32. The van der Waals surface area contributed by atoms with Gasteiger partial charge in [-0.2, -0.15) is 13.2 Å². The average Bonchev–Trinajstić information content (AvgIpc) is 2.38. The van der Waals surface area contributed by atoms with Crippen molar-refractivity contribution in [2.45, 2.75) is 19.0 Å². The Balaban J connectivity index is 2.15. The smallest absolute Gasteiger partial charge is 0.391 e. The number of piperidine rings is 1. The van der Waals surface area contributed by atoms with Gasteiger partial charge in [-0.05, 0) is 12.8 Å². The summed E-state index contributed by atoms with van der Waals surface area (Å²) >= 11 is 0. The van der Waals surface area contributed by atoms with E-state index in [0.29, 0.717) is 5.69 Å². The van der Waals surface area contributed by atoms with Gasteiger partial charge in [0.1, 0.15) is 0 Å². The van der Waals surface area contributed by atoms with Crippen molar-refractivity contribution in [3.63, 3.8) is 0 Å². The SMILES string of the molecule is COc1cc(N2CCC(C(F)(F)F)CC2)c(N)cc1F. The molecule has 0 amide bonds. The van der Waals surface area contributed by atoms with E-state index in [4.69, 9.17) is 10.5 Å². The number of nitrogens with two attached hydrogens (primary N) is 1. The molecule has 2 rings (SSSR count). The minimum absolute atomic E-state index is 0.0165. The Labute approximate surface area is 114 Å². The predicted molar refractivity (Wildman–Crippen MR) is 68.4 cm³/mol. The van der Waals surface area contributed by atoms with Crippen LogP contribution in [0.4, 0.5) is 28.9 Å². The molecule has 7 heteroatoms. The number of nitrogen functional groups attached to an aromatic ring is 1. The summed E-state index contributed by atoms with van der Waals surface area (Å²) in [6, 6.07) is 2.56. The summed E-state index contributed by atoms with van der Waals surface area (Å²) in [5.74, 6) is -1.83. The first-order valence-corrected chi connectivity index (χ1v) is 6.27. The molecule has 1 aromatic carbocycles. The molecule has 0 saturated carbocycles. The second-order valence-electron chi connectivity index (χ2n) is 4.85. The van der Waals surface area contributed by atoms with Crippen LogP contribution < -0.4 is 15.4 Å². The van der Waals surface area contributed by atoms with Gasteiger partial charge in [0.05, 0.1) is 24.4 Å². The van der Waals surface area contributed by atoms with Gasteiger partial charge in [-0.25, -0.2) is 4.39 Å². The molecule has 1 fully saturated rings. The van der Waals surface area contributed by atoms with E-state index < -0.39 is 17.9 Å². The van der Waals surface area contributed by atoms with E-state index in [1.807, 2.05) is 0 Å². The van der Waals surface area contributed by atoms with Gasteiger partial charge in [-0.3, -0.25) is 0 Å². The molecule has 0 unspecified atom stereocenters. The molecule has 3 nitrogen and oxygen atoms in total. The van der Waals surface area contributed by atoms with Crippen LogP contribution in [0.15, 0.2) is 12.1 Å². The van der Waals surface area contributed by atoms with Gasteiger partial charge in [0.25, 0.3) is 0 Å². The molecular formula is C13H16F4N2O. The molecule has 0 spiro atoms. The highest BCUT2D eigenvalue weighted by Gasteiger charge is 2.41. The molecule has 1 aliphatic rings. The summed E-state index contributed by atoms with van der Waals surface area (Å²) in [7, 11) is 1.33. The Morgan fingerprint density at radius 3 is 2.35 bits per heavy atom. The number of nitrogens with zero attached hydrogens (tertiary/aromatic N) is 1. The first-order valence-electron chi connectivity index (χ1n) is 6.27. The van der Waals surface area contributed by atoms with Crippen LogP contribution in [-0.2, 0) is 0 Å². The molecule has 2 N–H and O–H groups in total. The number of anilines is 2. The fourth-order valence-corrected chi connectivity index (χ4v) is 2.44. The van der Waals surface area contributed by atoms with E-state index in [1.54, 1.807) is 4.90 Å². The third-order valence-corrected chi connectivity index (χ3v) is 3.60. The maximum atomic E-state index is 13.4. The lowest BCUT2D eigenvalue weighted by molar-refractivity contribution is -0.179. The summed E-state index contributed by atoms with van der Waals surface area (Å²) in [4.78, 5) is 1.74. The highest BCUT2D eigenvalue weighted by atomic mass is 19.4. The quantitative estimate of drug-likeness (QED) is 0.672. The van der Waals surface area contributed by atoms with Gasteiger partial charge in [0.15, 0.2) is 11.6 Å². The first kappa shape index (κ1) is 14.7. The average molecular weight is 292 g/mol. The van der Waals surface area contributed by atoms with Crippen molar-refractivity contribution in [2.75, 3.05) is 30.8 Å². The van der Waals surface area contributed by atoms with Crippen LogP contribution in [0.1, 0.15) is 12.8 Å². The third-order valence-electron chi connectivity index (χ3n) is 3.60. The Kier molecular flexibility index (Phi) is 3.96. The zero-order chi connectivity index (χ0) is 14.9. The van der Waals surface area contributed by atoms with Crippen LogP contribution in [0.5, 0.6) is 5.75 Å². The Bertz CT molecular complexity index is 482. The number of halogens is 4. The zero-order valence-corrected chi connectivity index (χ0v) is 11.0. The standard InChI is InChI=1S/C13H16F4N2O/c1-20-12-7-11(10(18)6-9(12)14)19-4-2-8(3-5-19)13(15,16)17/h6-8H,2-5,18H2,1H3. The van der Waals surface area contributed by atoms with Crippen LogP contribution in [0.2, 0.25) is 0 Å². The number of hydrogen-bond donors (Lipinski definition) is 1. The Hall–Kier alpha value is -1.66. The highest BCUT2D eigenvalue weighted by molar-refractivity contribution is 5.70. The maximum Gasteiger partial charge on any atom is 0.391 e. The largest absolute Gasteiger partial charge is 0.494 e. The topological polar surface area (TPSA) is 38.5 Å². The second kappa shape index (κ2) is 5.38. The lowest BCUT2D eigenvalue weighted by atomic mass is 9.96. The number of benzene rings is 1. The fraction of sp³-hybridized carbons (Fsp3) is 0.538. The third kappa shape index (κ3) is 2.91. The van der Waals surface area contributed by atoms with Gasteiger partial charge < -0.3 is 15.4 Å². The van der Waals surface area contributed by atoms with Gasteiger partial charge in [-0.1, -0.05) is 0 Å².